The van der Waals surface area contributed by atoms with E-state index in [1.165, 1.54) is 0 Å². The number of hydrogen-bond acceptors (Lipinski definition) is 10. The summed E-state index contributed by atoms with van der Waals surface area (Å²) in [7, 11) is 4.71. The first-order valence-corrected chi connectivity index (χ1v) is 16.2. The Morgan fingerprint density at radius 3 is 2.02 bits per heavy atom. The zero-order chi connectivity index (χ0) is 36.2. The van der Waals surface area contributed by atoms with Crippen LogP contribution < -0.4 is 28.4 Å². The van der Waals surface area contributed by atoms with Crippen molar-refractivity contribution < 1.29 is 47.9 Å². The number of ketones is 1. The van der Waals surface area contributed by atoms with Gasteiger partial charge in [0.2, 0.25) is 0 Å². The van der Waals surface area contributed by atoms with Crippen molar-refractivity contribution in [3.63, 3.8) is 0 Å². The Kier molecular flexibility index (Phi) is 10.6. The van der Waals surface area contributed by atoms with Crippen LogP contribution in [0.3, 0.4) is 0 Å². The number of carbonyl (C=O) groups excluding carboxylic acids is 2. The molecule has 0 bridgehead atoms. The molecule has 2 aliphatic heterocycles. The minimum Gasteiger partial charge on any atom is -0.497 e. The molecule has 1 N–H and O–H groups in total. The summed E-state index contributed by atoms with van der Waals surface area (Å²) >= 11 is 5.84. The van der Waals surface area contributed by atoms with E-state index >= 15 is 0 Å². The summed E-state index contributed by atoms with van der Waals surface area (Å²) in [5.41, 5.74) is 2.13. The molecule has 0 aromatic heterocycles. The summed E-state index contributed by atoms with van der Waals surface area (Å²) in [6, 6.07) is 22.4. The highest BCUT2D eigenvalue weighted by atomic mass is 35.5. The van der Waals surface area contributed by atoms with Gasteiger partial charge in [-0.1, -0.05) is 11.6 Å². The molecule has 2 aliphatic rings. The van der Waals surface area contributed by atoms with Crippen molar-refractivity contribution in [1.82, 2.24) is 0 Å². The summed E-state index contributed by atoms with van der Waals surface area (Å²) in [6.45, 7) is 6.82. The van der Waals surface area contributed by atoms with Crippen LogP contribution >= 0.6 is 11.6 Å². The van der Waals surface area contributed by atoms with Crippen LogP contribution in [0.1, 0.15) is 54.7 Å². The Balaban J connectivity index is 0.000000194. The molecule has 0 saturated heterocycles. The highest BCUT2D eigenvalue weighted by Crippen LogP contribution is 2.49. The Labute approximate surface area is 296 Å². The molecule has 0 spiro atoms. The third kappa shape index (κ3) is 7.82. The van der Waals surface area contributed by atoms with E-state index in [0.717, 1.165) is 5.56 Å². The highest BCUT2D eigenvalue weighted by molar-refractivity contribution is 6.30. The Hall–Kier alpha value is -5.19. The Morgan fingerprint density at radius 2 is 1.42 bits per heavy atom. The van der Waals surface area contributed by atoms with Gasteiger partial charge in [0.1, 0.15) is 23.0 Å². The molecule has 0 saturated carbocycles. The quantitative estimate of drug-likeness (QED) is 0.140. The summed E-state index contributed by atoms with van der Waals surface area (Å²) in [5, 5.41) is 11.6. The molecule has 6 rings (SSSR count). The molecule has 1 unspecified atom stereocenters. The second-order valence-corrected chi connectivity index (χ2v) is 12.7. The van der Waals surface area contributed by atoms with Crippen molar-refractivity contribution in [1.29, 1.82) is 0 Å². The SMILES string of the molecule is CC(C)OC(=O)C(C)(C)Oc1ccc(C(=O)c2ccc(Cl)cc2)cc1.COc1ccc2c(c1)OC1(O)COc3cc(OC)c(OC)cc3C1=C2. The minimum atomic E-state index is -1.58. The predicted octanol–water partition coefficient (Wildman–Crippen LogP) is 7.41. The molecule has 4 aromatic carbocycles. The number of halogens is 1. The van der Waals surface area contributed by atoms with Crippen molar-refractivity contribution in [3.05, 3.63) is 106 Å². The average molecular weight is 703 g/mol. The van der Waals surface area contributed by atoms with Gasteiger partial charge in [-0.05, 0) is 101 Å². The number of methoxy groups -OCH3 is 3. The zero-order valence-electron chi connectivity index (χ0n) is 28.9. The fourth-order valence-electron chi connectivity index (χ4n) is 5.25. The van der Waals surface area contributed by atoms with Gasteiger partial charge in [-0.15, -0.1) is 0 Å². The second-order valence-electron chi connectivity index (χ2n) is 12.3. The lowest BCUT2D eigenvalue weighted by Gasteiger charge is -2.39. The van der Waals surface area contributed by atoms with Crippen LogP contribution in [0.5, 0.6) is 34.5 Å². The standard InChI is InChI=1S/C20H21ClO4.C19H18O6/c1-13(2)24-19(23)20(3,4)25-17-11-7-15(8-12-17)18(22)14-5-9-16(21)10-6-14;1-21-12-5-4-11-6-14-13-8-17(22-2)18(23-3)9-16(13)24-10-19(14,20)25-15(11)7-12/h5-13H,1-4H3;4-9,20H,10H2,1-3H3. The number of benzene rings is 4. The molecule has 0 fully saturated rings. The zero-order valence-corrected chi connectivity index (χ0v) is 29.6. The van der Waals surface area contributed by atoms with Crippen molar-refractivity contribution in [3.8, 4) is 34.5 Å². The van der Waals surface area contributed by atoms with Gasteiger partial charge in [0, 0.05) is 45.0 Å². The van der Waals surface area contributed by atoms with Gasteiger partial charge >= 0.3 is 5.97 Å². The molecular formula is C39H39ClO10. The maximum Gasteiger partial charge on any atom is 0.350 e. The van der Waals surface area contributed by atoms with Crippen molar-refractivity contribution in [2.75, 3.05) is 27.9 Å². The summed E-state index contributed by atoms with van der Waals surface area (Å²) in [4.78, 5) is 24.5. The van der Waals surface area contributed by atoms with E-state index < -0.39 is 17.4 Å². The first-order chi connectivity index (χ1) is 23.8. The van der Waals surface area contributed by atoms with Gasteiger partial charge in [0.15, 0.2) is 29.5 Å². The first-order valence-electron chi connectivity index (χ1n) is 15.8. The highest BCUT2D eigenvalue weighted by Gasteiger charge is 2.44. The molecule has 0 radical (unpaired) electrons. The third-order valence-electron chi connectivity index (χ3n) is 7.85. The van der Waals surface area contributed by atoms with Crippen LogP contribution in [0.2, 0.25) is 5.02 Å². The van der Waals surface area contributed by atoms with Crippen LogP contribution in [0.15, 0.2) is 78.9 Å². The number of fused-ring (bicyclic) bond motifs is 4. The second kappa shape index (κ2) is 14.7. The van der Waals surface area contributed by atoms with E-state index in [9.17, 15) is 14.7 Å². The number of rotatable bonds is 9. The maximum atomic E-state index is 12.4. The Bertz CT molecular complexity index is 1900. The molecule has 4 aromatic rings. The topological polar surface area (TPSA) is 119 Å². The molecule has 262 valence electrons. The van der Waals surface area contributed by atoms with E-state index in [2.05, 4.69) is 0 Å². The lowest BCUT2D eigenvalue weighted by molar-refractivity contribution is -0.163. The monoisotopic (exact) mass is 702 g/mol. The van der Waals surface area contributed by atoms with Gasteiger partial charge in [0.05, 0.1) is 27.4 Å². The van der Waals surface area contributed by atoms with Gasteiger partial charge in [-0.2, -0.15) is 0 Å². The largest absolute Gasteiger partial charge is 0.497 e. The average Bonchev–Trinajstić information content (AvgIpc) is 3.10. The third-order valence-corrected chi connectivity index (χ3v) is 8.10. The first kappa shape index (κ1) is 36.1. The number of aliphatic hydroxyl groups is 1. The van der Waals surface area contributed by atoms with Crippen LogP contribution in [0.4, 0.5) is 0 Å². The van der Waals surface area contributed by atoms with E-state index in [-0.39, 0.29) is 18.5 Å². The van der Waals surface area contributed by atoms with Crippen LogP contribution in [0, 0.1) is 0 Å². The molecule has 10 nitrogen and oxygen atoms in total. The molecule has 0 amide bonds. The van der Waals surface area contributed by atoms with Crippen molar-refractivity contribution >= 4 is 35.0 Å². The number of hydrogen-bond donors (Lipinski definition) is 1. The van der Waals surface area contributed by atoms with Crippen molar-refractivity contribution in [2.45, 2.75) is 45.2 Å². The number of carbonyl (C=O) groups is 2. The van der Waals surface area contributed by atoms with Crippen molar-refractivity contribution in [2.24, 2.45) is 0 Å². The number of esters is 1. The smallest absolute Gasteiger partial charge is 0.350 e. The lowest BCUT2D eigenvalue weighted by Crippen LogP contribution is -2.47. The molecular weight excluding hydrogens is 664 g/mol. The van der Waals surface area contributed by atoms with Crippen LogP contribution in [-0.4, -0.2) is 62.3 Å². The summed E-state index contributed by atoms with van der Waals surface area (Å²) in [5.74, 6) is 1.27. The van der Waals surface area contributed by atoms with E-state index in [1.807, 2.05) is 18.2 Å². The number of ether oxygens (including phenoxy) is 7. The van der Waals surface area contributed by atoms with E-state index in [4.69, 9.17) is 44.8 Å². The normalized spacial score (nSPS) is 15.7. The molecule has 0 aliphatic carbocycles. The molecule has 1 atom stereocenters. The lowest BCUT2D eigenvalue weighted by atomic mass is 9.90. The summed E-state index contributed by atoms with van der Waals surface area (Å²) in [6.07, 6.45) is 1.68. The Morgan fingerprint density at radius 1 is 0.820 bits per heavy atom. The van der Waals surface area contributed by atoms with Gasteiger partial charge in [-0.3, -0.25) is 4.79 Å². The predicted molar refractivity (Wildman–Crippen MR) is 189 cm³/mol. The van der Waals surface area contributed by atoms with E-state index in [1.54, 1.807) is 116 Å². The van der Waals surface area contributed by atoms with Gasteiger partial charge in [0.25, 0.3) is 5.79 Å². The van der Waals surface area contributed by atoms with Crippen LogP contribution in [-0.2, 0) is 9.53 Å². The fourth-order valence-corrected chi connectivity index (χ4v) is 5.38. The minimum absolute atomic E-state index is 0.0298. The van der Waals surface area contributed by atoms with Gasteiger partial charge in [-0.25, -0.2) is 4.79 Å². The fraction of sp³-hybridized carbons (Fsp3) is 0.282. The van der Waals surface area contributed by atoms with Crippen LogP contribution in [0.25, 0.3) is 11.6 Å². The molecule has 50 heavy (non-hydrogen) atoms. The molecule has 11 heteroatoms. The van der Waals surface area contributed by atoms with E-state index in [0.29, 0.717) is 61.8 Å². The summed E-state index contributed by atoms with van der Waals surface area (Å²) < 4.78 is 38.4. The van der Waals surface area contributed by atoms with Gasteiger partial charge < -0.3 is 38.3 Å². The maximum absolute atomic E-state index is 12.4. The molecule has 2 heterocycles.